The van der Waals surface area contributed by atoms with Crippen LogP contribution in [-0.4, -0.2) is 29.1 Å². The van der Waals surface area contributed by atoms with E-state index in [1.165, 1.54) is 6.20 Å². The summed E-state index contributed by atoms with van der Waals surface area (Å²) >= 11 is 0. The fourth-order valence-corrected chi connectivity index (χ4v) is 1.81. The van der Waals surface area contributed by atoms with Crippen LogP contribution in [0.3, 0.4) is 0 Å². The number of carboxylic acid groups (broad SMARTS) is 1. The largest absolute Gasteiger partial charge is 0.481 e. The first-order valence-electron chi connectivity index (χ1n) is 5.10. The van der Waals surface area contributed by atoms with Crippen LogP contribution in [0.2, 0.25) is 0 Å². The molecule has 5 nitrogen and oxygen atoms in total. The van der Waals surface area contributed by atoms with Gasteiger partial charge in [-0.2, -0.15) is 0 Å². The minimum atomic E-state index is -0.889. The van der Waals surface area contributed by atoms with Crippen molar-refractivity contribution in [2.75, 3.05) is 13.1 Å². The minimum absolute atomic E-state index is 0.0874. The summed E-state index contributed by atoms with van der Waals surface area (Å²) in [4.78, 5) is 14.5. The first-order valence-corrected chi connectivity index (χ1v) is 5.10. The molecule has 1 atom stereocenters. The minimum Gasteiger partial charge on any atom is -0.481 e. The Morgan fingerprint density at radius 1 is 1.73 bits per heavy atom. The molecule has 82 valence electrons. The molecule has 1 saturated heterocycles. The highest BCUT2D eigenvalue weighted by Gasteiger charge is 2.17. The van der Waals surface area contributed by atoms with E-state index in [1.807, 2.05) is 0 Å². The van der Waals surface area contributed by atoms with Crippen molar-refractivity contribution in [1.82, 2.24) is 10.3 Å². The highest BCUT2D eigenvalue weighted by molar-refractivity contribution is 5.69. The van der Waals surface area contributed by atoms with Crippen LogP contribution in [0.15, 0.2) is 10.6 Å². The van der Waals surface area contributed by atoms with E-state index in [0.29, 0.717) is 17.6 Å². The third-order valence-corrected chi connectivity index (χ3v) is 2.55. The molecule has 0 aromatic carbocycles. The summed E-state index contributed by atoms with van der Waals surface area (Å²) in [5.41, 5.74) is 0. The maximum Gasteiger partial charge on any atom is 0.311 e. The van der Waals surface area contributed by atoms with Crippen LogP contribution in [0.1, 0.15) is 18.1 Å². The summed E-state index contributed by atoms with van der Waals surface area (Å²) in [6.45, 7) is 2.05. The first kappa shape index (κ1) is 10.2. The van der Waals surface area contributed by atoms with Gasteiger partial charge in [-0.15, -0.1) is 0 Å². The molecule has 0 saturated carbocycles. The SMILES string of the molecule is O=C(O)Cc1cnc(CC2CCNC2)o1. The van der Waals surface area contributed by atoms with Gasteiger partial charge in [0.25, 0.3) is 0 Å². The molecular formula is C10H14N2O3. The zero-order valence-corrected chi connectivity index (χ0v) is 8.40. The van der Waals surface area contributed by atoms with E-state index in [9.17, 15) is 4.79 Å². The van der Waals surface area contributed by atoms with Gasteiger partial charge in [-0.05, 0) is 25.4 Å². The smallest absolute Gasteiger partial charge is 0.311 e. The molecule has 15 heavy (non-hydrogen) atoms. The number of hydrogen-bond acceptors (Lipinski definition) is 4. The third kappa shape index (κ3) is 2.79. The highest BCUT2D eigenvalue weighted by atomic mass is 16.4. The summed E-state index contributed by atoms with van der Waals surface area (Å²) in [5.74, 6) is 0.768. The molecule has 1 aromatic rings. The van der Waals surface area contributed by atoms with Crippen molar-refractivity contribution in [2.45, 2.75) is 19.3 Å². The summed E-state index contributed by atoms with van der Waals surface area (Å²) in [6.07, 6.45) is 3.35. The molecule has 1 unspecified atom stereocenters. The topological polar surface area (TPSA) is 75.4 Å². The third-order valence-electron chi connectivity index (χ3n) is 2.55. The van der Waals surface area contributed by atoms with E-state index in [0.717, 1.165) is 25.9 Å². The van der Waals surface area contributed by atoms with Crippen LogP contribution in [0, 0.1) is 5.92 Å². The lowest BCUT2D eigenvalue weighted by atomic mass is 10.1. The van der Waals surface area contributed by atoms with Crippen molar-refractivity contribution >= 4 is 5.97 Å². The molecule has 0 amide bonds. The van der Waals surface area contributed by atoms with Gasteiger partial charge in [0.1, 0.15) is 12.2 Å². The molecule has 0 radical (unpaired) electrons. The first-order chi connectivity index (χ1) is 7.24. The van der Waals surface area contributed by atoms with Crippen LogP contribution >= 0.6 is 0 Å². The lowest BCUT2D eigenvalue weighted by Gasteiger charge is -2.02. The molecule has 2 N–H and O–H groups in total. The summed E-state index contributed by atoms with van der Waals surface area (Å²) in [5, 5.41) is 11.8. The number of hydrogen-bond donors (Lipinski definition) is 2. The normalized spacial score (nSPS) is 20.7. The van der Waals surface area contributed by atoms with Gasteiger partial charge < -0.3 is 14.8 Å². The van der Waals surface area contributed by atoms with Gasteiger partial charge in [0.2, 0.25) is 0 Å². The van der Waals surface area contributed by atoms with E-state index in [1.54, 1.807) is 0 Å². The second-order valence-corrected chi connectivity index (χ2v) is 3.85. The Bertz CT molecular complexity index is 342. The van der Waals surface area contributed by atoms with Gasteiger partial charge in [0.15, 0.2) is 5.89 Å². The molecule has 2 heterocycles. The number of aromatic nitrogens is 1. The average molecular weight is 210 g/mol. The quantitative estimate of drug-likeness (QED) is 0.754. The Kier molecular flexibility index (Phi) is 3.01. The predicted octanol–water partition coefficient (Wildman–Crippen LogP) is 0.454. The number of rotatable bonds is 4. The summed E-state index contributed by atoms with van der Waals surface area (Å²) in [6, 6.07) is 0. The van der Waals surface area contributed by atoms with Crippen molar-refractivity contribution in [3.05, 3.63) is 17.8 Å². The summed E-state index contributed by atoms with van der Waals surface area (Å²) < 4.78 is 5.34. The van der Waals surface area contributed by atoms with Crippen molar-refractivity contribution in [3.63, 3.8) is 0 Å². The Hall–Kier alpha value is -1.36. The maximum atomic E-state index is 10.4. The standard InChI is InChI=1S/C10H14N2O3/c13-10(14)4-8-6-12-9(15-8)3-7-1-2-11-5-7/h6-7,11H,1-5H2,(H,13,14). The van der Waals surface area contributed by atoms with Crippen LogP contribution < -0.4 is 5.32 Å². The Morgan fingerprint density at radius 3 is 3.27 bits per heavy atom. The molecular weight excluding hydrogens is 196 g/mol. The van der Waals surface area contributed by atoms with E-state index in [4.69, 9.17) is 9.52 Å². The Morgan fingerprint density at radius 2 is 2.60 bits per heavy atom. The van der Waals surface area contributed by atoms with Crippen LogP contribution in [0.25, 0.3) is 0 Å². The fraction of sp³-hybridized carbons (Fsp3) is 0.600. The predicted molar refractivity (Wildman–Crippen MR) is 52.5 cm³/mol. The fourth-order valence-electron chi connectivity index (χ4n) is 1.81. The van der Waals surface area contributed by atoms with E-state index in [2.05, 4.69) is 10.3 Å². The number of nitrogens with zero attached hydrogens (tertiary/aromatic N) is 1. The molecule has 5 heteroatoms. The number of aliphatic carboxylic acids is 1. The number of oxazole rings is 1. The second-order valence-electron chi connectivity index (χ2n) is 3.85. The second kappa shape index (κ2) is 4.44. The van der Waals surface area contributed by atoms with E-state index in [-0.39, 0.29) is 6.42 Å². The number of carboxylic acids is 1. The Balaban J connectivity index is 1.91. The Labute approximate surface area is 87.5 Å². The number of nitrogens with one attached hydrogen (secondary N) is 1. The molecule has 1 aliphatic heterocycles. The molecule has 1 fully saturated rings. The van der Waals surface area contributed by atoms with Crippen LogP contribution in [-0.2, 0) is 17.6 Å². The van der Waals surface area contributed by atoms with Gasteiger partial charge in [-0.3, -0.25) is 4.79 Å². The molecule has 0 spiro atoms. The van der Waals surface area contributed by atoms with Crippen molar-refractivity contribution in [1.29, 1.82) is 0 Å². The van der Waals surface area contributed by atoms with E-state index < -0.39 is 5.97 Å². The monoisotopic (exact) mass is 210 g/mol. The highest BCUT2D eigenvalue weighted by Crippen LogP contribution is 2.15. The van der Waals surface area contributed by atoms with E-state index >= 15 is 0 Å². The zero-order chi connectivity index (χ0) is 10.7. The van der Waals surface area contributed by atoms with Gasteiger partial charge in [0, 0.05) is 6.42 Å². The van der Waals surface area contributed by atoms with Gasteiger partial charge in [-0.1, -0.05) is 0 Å². The lowest BCUT2D eigenvalue weighted by molar-refractivity contribution is -0.136. The van der Waals surface area contributed by atoms with Crippen molar-refractivity contribution in [2.24, 2.45) is 5.92 Å². The molecule has 2 rings (SSSR count). The lowest BCUT2D eigenvalue weighted by Crippen LogP contribution is -2.10. The summed E-state index contributed by atoms with van der Waals surface area (Å²) in [7, 11) is 0. The molecule has 0 bridgehead atoms. The zero-order valence-electron chi connectivity index (χ0n) is 8.40. The molecule has 1 aliphatic rings. The molecule has 0 aliphatic carbocycles. The number of carbonyl (C=O) groups is 1. The van der Waals surface area contributed by atoms with Gasteiger partial charge in [-0.25, -0.2) is 4.98 Å². The molecule has 1 aromatic heterocycles. The maximum absolute atomic E-state index is 10.4. The van der Waals surface area contributed by atoms with Gasteiger partial charge >= 0.3 is 5.97 Å². The van der Waals surface area contributed by atoms with Crippen LogP contribution in [0.5, 0.6) is 0 Å². The van der Waals surface area contributed by atoms with Crippen molar-refractivity contribution in [3.8, 4) is 0 Å². The van der Waals surface area contributed by atoms with Gasteiger partial charge in [0.05, 0.1) is 6.20 Å². The van der Waals surface area contributed by atoms with Crippen molar-refractivity contribution < 1.29 is 14.3 Å². The van der Waals surface area contributed by atoms with Crippen LogP contribution in [0.4, 0.5) is 0 Å². The average Bonchev–Trinajstić information content (AvgIpc) is 2.77.